The highest BCUT2D eigenvalue weighted by molar-refractivity contribution is 5.82. The molecule has 1 aliphatic heterocycles. The predicted molar refractivity (Wildman–Crippen MR) is 96.8 cm³/mol. The van der Waals surface area contributed by atoms with Crippen LogP contribution in [0.3, 0.4) is 0 Å². The molecule has 0 aromatic heterocycles. The molecule has 0 saturated carbocycles. The minimum absolute atomic E-state index is 0.503. The van der Waals surface area contributed by atoms with Crippen molar-refractivity contribution >= 4 is 29.8 Å². The number of aliphatic hydroxyl groups is 1. The number of carbonyl (C=O) groups excluding carboxylic acids is 5. The van der Waals surface area contributed by atoms with Crippen LogP contribution in [0.25, 0.3) is 0 Å². The van der Waals surface area contributed by atoms with Crippen molar-refractivity contribution in [1.29, 1.82) is 0 Å². The summed E-state index contributed by atoms with van der Waals surface area (Å²) in [6.45, 7) is 2.14. The lowest BCUT2D eigenvalue weighted by molar-refractivity contribution is -0.294. The number of ether oxygens (including phenoxy) is 5. The standard InChI is InChI=1S/C18H24F3NO11/c1-8(23)30-7-11-14(31-9(2)24)15(32-10(3)25)17(28,22-16(27)18(19,20)21)12(33-11)5-6-13(26)29-4/h11-12,14-15,28H,5-7H2,1-4H3,(H,22,27)/t11-,12-,14+,15+,17+/m1/s1. The van der Waals surface area contributed by atoms with Crippen molar-refractivity contribution in [2.24, 2.45) is 0 Å². The van der Waals surface area contributed by atoms with Crippen LogP contribution >= 0.6 is 0 Å². The van der Waals surface area contributed by atoms with Gasteiger partial charge in [0.1, 0.15) is 18.8 Å². The van der Waals surface area contributed by atoms with E-state index in [0.29, 0.717) is 0 Å². The number of rotatable bonds is 8. The van der Waals surface area contributed by atoms with Gasteiger partial charge in [-0.05, 0) is 6.42 Å². The first-order valence-electron chi connectivity index (χ1n) is 9.43. The zero-order valence-corrected chi connectivity index (χ0v) is 18.1. The van der Waals surface area contributed by atoms with E-state index < -0.39 is 85.6 Å². The van der Waals surface area contributed by atoms with Gasteiger partial charge in [-0.2, -0.15) is 13.2 Å². The van der Waals surface area contributed by atoms with E-state index in [0.717, 1.165) is 27.9 Å². The Hall–Kier alpha value is -2.94. The maximum absolute atomic E-state index is 13.0. The smallest absolute Gasteiger partial charge is 0.469 e. The number of nitrogens with one attached hydrogen (secondary N) is 1. The Bertz CT molecular complexity index is 772. The minimum Gasteiger partial charge on any atom is -0.469 e. The minimum atomic E-state index is -5.48. The quantitative estimate of drug-likeness (QED) is 0.258. The van der Waals surface area contributed by atoms with Gasteiger partial charge in [-0.1, -0.05) is 0 Å². The van der Waals surface area contributed by atoms with Gasteiger partial charge in [0.2, 0.25) is 5.72 Å². The topological polar surface area (TPSA) is 164 Å². The highest BCUT2D eigenvalue weighted by Gasteiger charge is 2.61. The zero-order valence-electron chi connectivity index (χ0n) is 18.1. The maximum Gasteiger partial charge on any atom is 0.471 e. The summed E-state index contributed by atoms with van der Waals surface area (Å²) in [5.74, 6) is -6.43. The average molecular weight is 487 g/mol. The molecule has 15 heteroatoms. The highest BCUT2D eigenvalue weighted by Crippen LogP contribution is 2.36. The van der Waals surface area contributed by atoms with Crippen molar-refractivity contribution in [3.05, 3.63) is 0 Å². The van der Waals surface area contributed by atoms with Gasteiger partial charge in [-0.15, -0.1) is 0 Å². The Morgan fingerprint density at radius 1 is 1.03 bits per heavy atom. The third-order valence-electron chi connectivity index (χ3n) is 4.38. The Balaban J connectivity index is 3.54. The first-order chi connectivity index (χ1) is 15.1. The van der Waals surface area contributed by atoms with Gasteiger partial charge in [0, 0.05) is 27.2 Å². The molecule has 12 nitrogen and oxygen atoms in total. The van der Waals surface area contributed by atoms with Crippen LogP contribution in [0.4, 0.5) is 13.2 Å². The molecule has 1 heterocycles. The molecule has 5 atom stereocenters. The maximum atomic E-state index is 13.0. The summed E-state index contributed by atoms with van der Waals surface area (Å²) < 4.78 is 63.6. The molecule has 2 N–H and O–H groups in total. The summed E-state index contributed by atoms with van der Waals surface area (Å²) in [6.07, 6.45) is -13.8. The van der Waals surface area contributed by atoms with Crippen molar-refractivity contribution in [2.45, 2.75) is 69.9 Å². The lowest BCUT2D eigenvalue weighted by Crippen LogP contribution is -2.75. The molecule has 0 radical (unpaired) electrons. The van der Waals surface area contributed by atoms with Crippen molar-refractivity contribution in [1.82, 2.24) is 5.32 Å². The van der Waals surface area contributed by atoms with E-state index in [1.165, 1.54) is 5.32 Å². The fourth-order valence-corrected chi connectivity index (χ4v) is 3.06. The van der Waals surface area contributed by atoms with E-state index in [4.69, 9.17) is 18.9 Å². The van der Waals surface area contributed by atoms with Gasteiger partial charge in [-0.25, -0.2) is 0 Å². The molecule has 1 saturated heterocycles. The van der Waals surface area contributed by atoms with Crippen LogP contribution in [0.5, 0.6) is 0 Å². The van der Waals surface area contributed by atoms with Crippen molar-refractivity contribution in [2.75, 3.05) is 13.7 Å². The Labute approximate surface area is 185 Å². The number of carbonyl (C=O) groups is 5. The van der Waals surface area contributed by atoms with Crippen LogP contribution in [-0.4, -0.2) is 84.9 Å². The van der Waals surface area contributed by atoms with Gasteiger partial charge in [0.05, 0.1) is 7.11 Å². The Morgan fingerprint density at radius 2 is 1.61 bits per heavy atom. The first-order valence-corrected chi connectivity index (χ1v) is 9.43. The molecule has 1 amide bonds. The second kappa shape index (κ2) is 11.3. The summed E-state index contributed by atoms with van der Waals surface area (Å²) >= 11 is 0. The molecule has 0 unspecified atom stereocenters. The highest BCUT2D eigenvalue weighted by atomic mass is 19.4. The van der Waals surface area contributed by atoms with E-state index in [1.54, 1.807) is 0 Å². The van der Waals surface area contributed by atoms with E-state index in [-0.39, 0.29) is 0 Å². The number of halogens is 3. The van der Waals surface area contributed by atoms with E-state index >= 15 is 0 Å². The van der Waals surface area contributed by atoms with E-state index in [1.807, 2.05) is 0 Å². The van der Waals surface area contributed by atoms with E-state index in [9.17, 15) is 42.3 Å². The van der Waals surface area contributed by atoms with Crippen LogP contribution in [0.15, 0.2) is 0 Å². The second-order valence-corrected chi connectivity index (χ2v) is 6.96. The molecular weight excluding hydrogens is 463 g/mol. The van der Waals surface area contributed by atoms with Gasteiger partial charge < -0.3 is 34.1 Å². The van der Waals surface area contributed by atoms with Gasteiger partial charge >= 0.3 is 36.0 Å². The normalized spacial score (nSPS) is 27.2. The van der Waals surface area contributed by atoms with Crippen LogP contribution < -0.4 is 5.32 Å². The lowest BCUT2D eigenvalue weighted by atomic mass is 9.86. The fraction of sp³-hybridized carbons (Fsp3) is 0.722. The summed E-state index contributed by atoms with van der Waals surface area (Å²) in [6, 6.07) is 0. The number of esters is 4. The molecule has 0 bridgehead atoms. The molecule has 1 fully saturated rings. The number of alkyl halides is 3. The van der Waals surface area contributed by atoms with Crippen LogP contribution in [0.1, 0.15) is 33.6 Å². The molecule has 33 heavy (non-hydrogen) atoms. The van der Waals surface area contributed by atoms with Crippen LogP contribution in [0, 0.1) is 0 Å². The molecule has 188 valence electrons. The second-order valence-electron chi connectivity index (χ2n) is 6.96. The molecular formula is C18H24F3NO11. The Kier molecular flexibility index (Phi) is 9.59. The monoisotopic (exact) mass is 487 g/mol. The number of amides is 1. The zero-order chi connectivity index (χ0) is 25.6. The Morgan fingerprint density at radius 3 is 2.06 bits per heavy atom. The van der Waals surface area contributed by atoms with E-state index in [2.05, 4.69) is 4.74 Å². The summed E-state index contributed by atoms with van der Waals surface area (Å²) in [4.78, 5) is 57.8. The third-order valence-corrected chi connectivity index (χ3v) is 4.38. The lowest BCUT2D eigenvalue weighted by Gasteiger charge is -2.50. The predicted octanol–water partition coefficient (Wildman–Crippen LogP) is -0.499. The number of hydrogen-bond donors (Lipinski definition) is 2. The van der Waals surface area contributed by atoms with Crippen LogP contribution in [-0.2, 0) is 47.7 Å². The fourth-order valence-electron chi connectivity index (χ4n) is 3.06. The molecule has 0 aromatic carbocycles. The largest absolute Gasteiger partial charge is 0.471 e. The summed E-state index contributed by atoms with van der Waals surface area (Å²) in [5, 5.41) is 12.5. The van der Waals surface area contributed by atoms with Gasteiger partial charge in [0.15, 0.2) is 12.2 Å². The summed E-state index contributed by atoms with van der Waals surface area (Å²) in [5.41, 5.74) is -3.13. The third kappa shape index (κ3) is 7.85. The average Bonchev–Trinajstić information content (AvgIpc) is 2.67. The number of hydrogen-bond acceptors (Lipinski definition) is 11. The molecule has 0 aromatic rings. The van der Waals surface area contributed by atoms with Gasteiger partial charge in [-0.3, -0.25) is 24.0 Å². The SMILES string of the molecule is COC(=O)CC[C@H]1O[C@H](COC(C)=O)[C@H](OC(C)=O)[C@H](OC(C)=O)[C@]1(O)NC(=O)C(F)(F)F. The molecule has 0 spiro atoms. The van der Waals surface area contributed by atoms with Crippen LogP contribution in [0.2, 0.25) is 0 Å². The molecule has 1 aliphatic rings. The van der Waals surface area contributed by atoms with Crippen molar-refractivity contribution in [3.63, 3.8) is 0 Å². The van der Waals surface area contributed by atoms with Crippen molar-refractivity contribution < 1.29 is 65.9 Å². The molecule has 1 rings (SSSR count). The number of methoxy groups -OCH3 is 1. The van der Waals surface area contributed by atoms with Crippen molar-refractivity contribution in [3.8, 4) is 0 Å². The van der Waals surface area contributed by atoms with Gasteiger partial charge in [0.25, 0.3) is 0 Å². The molecule has 0 aliphatic carbocycles. The first kappa shape index (κ1) is 28.1. The summed E-state index contributed by atoms with van der Waals surface area (Å²) in [7, 11) is 1.03.